The normalized spacial score (nSPS) is 21.6. The lowest BCUT2D eigenvalue weighted by molar-refractivity contribution is -0.163. The van der Waals surface area contributed by atoms with E-state index in [1.54, 1.807) is 19.2 Å². The Morgan fingerprint density at radius 3 is 2.28 bits per heavy atom. The third-order valence-corrected chi connectivity index (χ3v) is 9.52. The fraction of sp³-hybridized carbons (Fsp3) is 0.559. The summed E-state index contributed by atoms with van der Waals surface area (Å²) in [5.74, 6) is 0.580. The van der Waals surface area contributed by atoms with Gasteiger partial charge in [0, 0.05) is 45.2 Å². The van der Waals surface area contributed by atoms with Gasteiger partial charge in [-0.15, -0.1) is 0 Å². The molecule has 2 heterocycles. The van der Waals surface area contributed by atoms with Crippen molar-refractivity contribution in [1.29, 1.82) is 0 Å². The van der Waals surface area contributed by atoms with Crippen LogP contribution >= 0.6 is 0 Å². The standard InChI is InChI=1S/C34H46N4O5/c1-3-4-19-38-31(40)29(22-33(42)15-5-6-16-33)36-32(41)34(38)17-20-37(21-18-34)23-25-9-13-28(14-10-25)43-24-26-7-11-27(12-8-26)30(39)35-2/h7-14,29,42H,3-6,15-24H2,1-2H3,(H,35,39)(H,36,41)/t29-/m1/s1. The van der Waals surface area contributed by atoms with Crippen LogP contribution in [0.3, 0.4) is 0 Å². The summed E-state index contributed by atoms with van der Waals surface area (Å²) in [6.07, 6.45) is 6.66. The van der Waals surface area contributed by atoms with Gasteiger partial charge in [-0.3, -0.25) is 19.3 Å². The van der Waals surface area contributed by atoms with E-state index in [-0.39, 0.29) is 17.7 Å². The van der Waals surface area contributed by atoms with E-state index in [0.717, 1.165) is 62.2 Å². The highest BCUT2D eigenvalue weighted by molar-refractivity contribution is 6.00. The molecule has 232 valence electrons. The van der Waals surface area contributed by atoms with Crippen LogP contribution in [0.25, 0.3) is 0 Å². The number of ether oxygens (including phenoxy) is 1. The lowest BCUT2D eigenvalue weighted by Crippen LogP contribution is -2.73. The Morgan fingerprint density at radius 2 is 1.65 bits per heavy atom. The van der Waals surface area contributed by atoms with Crippen molar-refractivity contribution in [2.24, 2.45) is 0 Å². The summed E-state index contributed by atoms with van der Waals surface area (Å²) in [6.45, 7) is 5.31. The zero-order valence-electron chi connectivity index (χ0n) is 25.6. The lowest BCUT2D eigenvalue weighted by Gasteiger charge is -2.52. The van der Waals surface area contributed by atoms with Crippen LogP contribution in [0.5, 0.6) is 5.75 Å². The van der Waals surface area contributed by atoms with Gasteiger partial charge in [0.05, 0.1) is 5.60 Å². The molecular formula is C34H46N4O5. The van der Waals surface area contributed by atoms with E-state index < -0.39 is 17.2 Å². The molecule has 2 aromatic rings. The summed E-state index contributed by atoms with van der Waals surface area (Å²) in [7, 11) is 1.61. The number of unbranched alkanes of at least 4 members (excludes halogenated alkanes) is 1. The third-order valence-electron chi connectivity index (χ3n) is 9.52. The van der Waals surface area contributed by atoms with Crippen LogP contribution in [-0.2, 0) is 22.7 Å². The maximum Gasteiger partial charge on any atom is 0.251 e. The van der Waals surface area contributed by atoms with Crippen LogP contribution in [0.1, 0.15) is 86.2 Å². The molecule has 3 fully saturated rings. The number of piperazine rings is 1. The number of carbonyl (C=O) groups excluding carboxylic acids is 3. The maximum atomic E-state index is 13.7. The van der Waals surface area contributed by atoms with Crippen molar-refractivity contribution < 1.29 is 24.2 Å². The van der Waals surface area contributed by atoms with Crippen LogP contribution in [-0.4, -0.2) is 76.5 Å². The average molecular weight is 591 g/mol. The Kier molecular flexibility index (Phi) is 9.72. The number of hydrogen-bond donors (Lipinski definition) is 3. The van der Waals surface area contributed by atoms with Gasteiger partial charge in [-0.1, -0.05) is 50.5 Å². The third kappa shape index (κ3) is 7.04. The molecule has 9 heteroatoms. The Labute approximate surface area is 255 Å². The number of piperidine rings is 1. The minimum atomic E-state index is -0.849. The number of rotatable bonds is 11. The molecule has 1 aliphatic carbocycles. The second-order valence-corrected chi connectivity index (χ2v) is 12.5. The Bertz CT molecular complexity index is 1260. The summed E-state index contributed by atoms with van der Waals surface area (Å²) >= 11 is 0. The fourth-order valence-corrected chi connectivity index (χ4v) is 6.86. The second kappa shape index (κ2) is 13.5. The maximum absolute atomic E-state index is 13.7. The number of benzene rings is 2. The predicted molar refractivity (Wildman–Crippen MR) is 164 cm³/mol. The van der Waals surface area contributed by atoms with E-state index in [1.807, 2.05) is 29.2 Å². The molecule has 0 aromatic heterocycles. The highest BCUT2D eigenvalue weighted by Gasteiger charge is 2.54. The molecule has 2 saturated heterocycles. The zero-order valence-corrected chi connectivity index (χ0v) is 25.6. The van der Waals surface area contributed by atoms with Gasteiger partial charge in [0.25, 0.3) is 5.91 Å². The number of nitrogens with one attached hydrogen (secondary N) is 2. The molecule has 5 rings (SSSR count). The van der Waals surface area contributed by atoms with E-state index in [4.69, 9.17) is 4.74 Å². The molecule has 2 aliphatic heterocycles. The molecule has 3 amide bonds. The van der Waals surface area contributed by atoms with Crippen molar-refractivity contribution in [2.45, 2.75) is 95.0 Å². The van der Waals surface area contributed by atoms with Crippen LogP contribution in [0, 0.1) is 0 Å². The Hall–Kier alpha value is -3.43. The molecule has 0 bridgehead atoms. The first-order valence-electron chi connectivity index (χ1n) is 15.9. The van der Waals surface area contributed by atoms with Crippen LogP contribution < -0.4 is 15.4 Å². The molecule has 1 atom stereocenters. The Morgan fingerprint density at radius 1 is 1.00 bits per heavy atom. The van der Waals surface area contributed by atoms with Crippen molar-refractivity contribution >= 4 is 17.7 Å². The summed E-state index contributed by atoms with van der Waals surface area (Å²) in [4.78, 5) is 43.3. The van der Waals surface area contributed by atoms with Crippen LogP contribution in [0.2, 0.25) is 0 Å². The van der Waals surface area contributed by atoms with Gasteiger partial charge in [-0.2, -0.15) is 0 Å². The first-order chi connectivity index (χ1) is 20.7. The molecule has 1 spiro atoms. The molecule has 3 N–H and O–H groups in total. The molecular weight excluding hydrogens is 544 g/mol. The van der Waals surface area contributed by atoms with Crippen molar-refractivity contribution in [1.82, 2.24) is 20.4 Å². The van der Waals surface area contributed by atoms with Gasteiger partial charge in [0.1, 0.15) is 23.9 Å². The zero-order chi connectivity index (χ0) is 30.5. The predicted octanol–water partition coefficient (Wildman–Crippen LogP) is 3.78. The highest BCUT2D eigenvalue weighted by atomic mass is 16.5. The summed E-state index contributed by atoms with van der Waals surface area (Å²) < 4.78 is 5.95. The average Bonchev–Trinajstić information content (AvgIpc) is 3.46. The molecule has 0 unspecified atom stereocenters. The minimum absolute atomic E-state index is 0.0280. The smallest absolute Gasteiger partial charge is 0.251 e. The molecule has 3 aliphatic rings. The highest BCUT2D eigenvalue weighted by Crippen LogP contribution is 2.38. The topological polar surface area (TPSA) is 111 Å². The first-order valence-corrected chi connectivity index (χ1v) is 15.9. The van der Waals surface area contributed by atoms with Gasteiger partial charge in [0.2, 0.25) is 11.8 Å². The number of nitrogens with zero attached hydrogens (tertiary/aromatic N) is 2. The molecule has 9 nitrogen and oxygen atoms in total. The van der Waals surface area contributed by atoms with E-state index >= 15 is 0 Å². The van der Waals surface area contributed by atoms with Crippen molar-refractivity contribution in [3.8, 4) is 5.75 Å². The number of amides is 3. The Balaban J connectivity index is 1.15. The van der Waals surface area contributed by atoms with Crippen LogP contribution in [0.4, 0.5) is 0 Å². The number of aliphatic hydroxyl groups is 1. The number of carbonyl (C=O) groups is 3. The lowest BCUT2D eigenvalue weighted by atomic mass is 9.80. The quantitative estimate of drug-likeness (QED) is 0.368. The first kappa shape index (κ1) is 31.0. The van der Waals surface area contributed by atoms with E-state index in [1.165, 1.54) is 0 Å². The monoisotopic (exact) mass is 590 g/mol. The SMILES string of the molecule is CCCCN1C(=O)[C@@H](CC2(O)CCCC2)NC(=O)C12CCN(Cc1ccc(OCc3ccc(C(=O)NC)cc3)cc1)CC2. The second-order valence-electron chi connectivity index (χ2n) is 12.5. The van der Waals surface area contributed by atoms with Crippen LogP contribution in [0.15, 0.2) is 48.5 Å². The van der Waals surface area contributed by atoms with Gasteiger partial charge < -0.3 is 25.4 Å². The van der Waals surface area contributed by atoms with Gasteiger partial charge >= 0.3 is 0 Å². The van der Waals surface area contributed by atoms with Gasteiger partial charge in [-0.05, 0) is 67.5 Å². The van der Waals surface area contributed by atoms with Crippen molar-refractivity contribution in [3.05, 3.63) is 65.2 Å². The van der Waals surface area contributed by atoms with Gasteiger partial charge in [0.15, 0.2) is 0 Å². The van der Waals surface area contributed by atoms with Crippen molar-refractivity contribution in [2.75, 3.05) is 26.7 Å². The minimum Gasteiger partial charge on any atom is -0.489 e. The van der Waals surface area contributed by atoms with Crippen molar-refractivity contribution in [3.63, 3.8) is 0 Å². The summed E-state index contributed by atoms with van der Waals surface area (Å²) in [6, 6.07) is 14.8. The molecule has 43 heavy (non-hydrogen) atoms. The van der Waals surface area contributed by atoms with E-state index in [2.05, 4.69) is 34.6 Å². The molecule has 0 radical (unpaired) electrons. The fourth-order valence-electron chi connectivity index (χ4n) is 6.86. The number of hydrogen-bond acceptors (Lipinski definition) is 6. The summed E-state index contributed by atoms with van der Waals surface area (Å²) in [5.41, 5.74) is 1.10. The molecule has 2 aromatic carbocycles. The molecule has 1 saturated carbocycles. The summed E-state index contributed by atoms with van der Waals surface area (Å²) in [5, 5.41) is 16.6. The van der Waals surface area contributed by atoms with Gasteiger partial charge in [-0.25, -0.2) is 0 Å². The number of likely N-dealkylation sites (tertiary alicyclic amines) is 1. The van der Waals surface area contributed by atoms with E-state index in [9.17, 15) is 19.5 Å². The van der Waals surface area contributed by atoms with E-state index in [0.29, 0.717) is 50.8 Å². The largest absolute Gasteiger partial charge is 0.489 e.